The molecule has 21 heavy (non-hydrogen) atoms. The molecule has 0 saturated heterocycles. The number of amides is 1. The van der Waals surface area contributed by atoms with Crippen LogP contribution in [0.15, 0.2) is 23.8 Å². The number of halogens is 3. The maximum Gasteiger partial charge on any atom is 0.421 e. The summed E-state index contributed by atoms with van der Waals surface area (Å²) in [6.45, 7) is 7.87. The first-order valence-electron chi connectivity index (χ1n) is 6.04. The third kappa shape index (κ3) is 4.66. The standard InChI is InChI=1S/C13H15F3N4O/c1-5-11(21)18-7(2)8(3)19-12-10(13(14,15)16)6-17-9(4)20-12/h5-7H,1H2,2-4H3,(H,18,21). The molecule has 0 bridgehead atoms. The highest BCUT2D eigenvalue weighted by Gasteiger charge is 2.35. The zero-order chi connectivity index (χ0) is 16.2. The molecule has 1 heterocycles. The van der Waals surface area contributed by atoms with Crippen molar-refractivity contribution in [2.45, 2.75) is 33.0 Å². The maximum absolute atomic E-state index is 12.9. The first-order chi connectivity index (χ1) is 9.65. The lowest BCUT2D eigenvalue weighted by atomic mass is 10.2. The third-order valence-corrected chi connectivity index (χ3v) is 2.65. The normalized spacial score (nSPS) is 13.7. The van der Waals surface area contributed by atoms with Crippen molar-refractivity contribution < 1.29 is 18.0 Å². The van der Waals surface area contributed by atoms with Gasteiger partial charge in [0.25, 0.3) is 0 Å². The smallest absolute Gasteiger partial charge is 0.345 e. The molecule has 1 rings (SSSR count). The Morgan fingerprint density at radius 3 is 2.67 bits per heavy atom. The molecule has 1 N–H and O–H groups in total. The summed E-state index contributed by atoms with van der Waals surface area (Å²) in [5.41, 5.74) is -0.733. The summed E-state index contributed by atoms with van der Waals surface area (Å²) in [6, 6.07) is -0.549. The van der Waals surface area contributed by atoms with Gasteiger partial charge in [-0.3, -0.25) is 4.79 Å². The average molecular weight is 300 g/mol. The number of hydrogen-bond donors (Lipinski definition) is 1. The van der Waals surface area contributed by atoms with Crippen LogP contribution in [0.2, 0.25) is 0 Å². The number of rotatable bonds is 4. The Morgan fingerprint density at radius 1 is 1.52 bits per heavy atom. The largest absolute Gasteiger partial charge is 0.421 e. The van der Waals surface area contributed by atoms with Crippen LogP contribution in [0.3, 0.4) is 0 Å². The van der Waals surface area contributed by atoms with Crippen molar-refractivity contribution >= 4 is 17.4 Å². The van der Waals surface area contributed by atoms with Crippen LogP contribution in [0.5, 0.6) is 0 Å². The van der Waals surface area contributed by atoms with Crippen LogP contribution in [0.1, 0.15) is 25.2 Å². The van der Waals surface area contributed by atoms with Gasteiger partial charge < -0.3 is 5.32 Å². The molecule has 0 fully saturated rings. The van der Waals surface area contributed by atoms with Crippen molar-refractivity contribution in [3.63, 3.8) is 0 Å². The van der Waals surface area contributed by atoms with E-state index in [1.54, 1.807) is 6.92 Å². The minimum Gasteiger partial charge on any atom is -0.345 e. The number of nitrogens with zero attached hydrogens (tertiary/aromatic N) is 3. The van der Waals surface area contributed by atoms with Gasteiger partial charge in [0.1, 0.15) is 11.4 Å². The number of aryl methyl sites for hydroxylation is 1. The van der Waals surface area contributed by atoms with Gasteiger partial charge in [-0.25, -0.2) is 15.0 Å². The predicted octanol–water partition coefficient (Wildman–Crippen LogP) is 2.59. The molecule has 114 valence electrons. The first-order valence-corrected chi connectivity index (χ1v) is 6.04. The van der Waals surface area contributed by atoms with Gasteiger partial charge in [0.05, 0.1) is 6.04 Å². The molecular weight excluding hydrogens is 285 g/mol. The van der Waals surface area contributed by atoms with Gasteiger partial charge >= 0.3 is 6.18 Å². The lowest BCUT2D eigenvalue weighted by Crippen LogP contribution is -2.36. The van der Waals surface area contributed by atoms with E-state index in [1.807, 2.05) is 0 Å². The molecule has 0 spiro atoms. The number of carbonyl (C=O) groups excluding carboxylic acids is 1. The Morgan fingerprint density at radius 2 is 2.14 bits per heavy atom. The lowest BCUT2D eigenvalue weighted by molar-refractivity contribution is -0.137. The van der Waals surface area contributed by atoms with E-state index in [2.05, 4.69) is 26.9 Å². The van der Waals surface area contributed by atoms with Crippen LogP contribution in [0, 0.1) is 6.92 Å². The van der Waals surface area contributed by atoms with E-state index >= 15 is 0 Å². The zero-order valence-electron chi connectivity index (χ0n) is 11.8. The molecule has 0 radical (unpaired) electrons. The summed E-state index contributed by atoms with van der Waals surface area (Å²) in [4.78, 5) is 22.3. The van der Waals surface area contributed by atoms with E-state index in [4.69, 9.17) is 0 Å². The summed E-state index contributed by atoms with van der Waals surface area (Å²) in [5, 5.41) is 2.51. The fraction of sp³-hybridized carbons (Fsp3) is 0.385. The molecule has 1 aromatic rings. The van der Waals surface area contributed by atoms with Gasteiger partial charge in [0.15, 0.2) is 5.82 Å². The molecule has 1 amide bonds. The Balaban J connectivity index is 3.15. The second kappa shape index (κ2) is 6.47. The minimum atomic E-state index is -4.60. The molecular formula is C13H15F3N4O. The molecule has 0 saturated carbocycles. The van der Waals surface area contributed by atoms with Crippen molar-refractivity contribution in [1.29, 1.82) is 0 Å². The van der Waals surface area contributed by atoms with Gasteiger partial charge in [0, 0.05) is 11.9 Å². The van der Waals surface area contributed by atoms with Gasteiger partial charge in [-0.1, -0.05) is 6.58 Å². The van der Waals surface area contributed by atoms with Crippen molar-refractivity contribution in [2.24, 2.45) is 4.99 Å². The van der Waals surface area contributed by atoms with E-state index in [0.717, 1.165) is 6.08 Å². The quantitative estimate of drug-likeness (QED) is 0.686. The molecule has 1 atom stereocenters. The van der Waals surface area contributed by atoms with Crippen LogP contribution in [-0.2, 0) is 11.0 Å². The summed E-state index contributed by atoms with van der Waals surface area (Å²) in [7, 11) is 0. The van der Waals surface area contributed by atoms with Crippen LogP contribution in [-0.4, -0.2) is 27.6 Å². The molecule has 8 heteroatoms. The van der Waals surface area contributed by atoms with Gasteiger partial charge in [-0.05, 0) is 26.8 Å². The van der Waals surface area contributed by atoms with Crippen molar-refractivity contribution in [2.75, 3.05) is 0 Å². The number of carbonyl (C=O) groups is 1. The average Bonchev–Trinajstić information content (AvgIpc) is 2.36. The highest BCUT2D eigenvalue weighted by Crippen LogP contribution is 2.34. The van der Waals surface area contributed by atoms with E-state index in [0.29, 0.717) is 6.20 Å². The Hall–Kier alpha value is -2.25. The third-order valence-electron chi connectivity index (χ3n) is 2.65. The number of aliphatic imine (C=N–C) groups is 1. The van der Waals surface area contributed by atoms with E-state index in [9.17, 15) is 18.0 Å². The highest BCUT2D eigenvalue weighted by molar-refractivity contribution is 5.95. The summed E-state index contributed by atoms with van der Waals surface area (Å²) >= 11 is 0. The Labute approximate surface area is 120 Å². The molecule has 0 aromatic carbocycles. The Kier molecular flexibility index (Phi) is 5.17. The molecule has 5 nitrogen and oxygen atoms in total. The van der Waals surface area contributed by atoms with Gasteiger partial charge in [-0.2, -0.15) is 13.2 Å². The second-order valence-electron chi connectivity index (χ2n) is 4.34. The van der Waals surface area contributed by atoms with Crippen LogP contribution in [0.25, 0.3) is 0 Å². The van der Waals surface area contributed by atoms with Crippen LogP contribution in [0.4, 0.5) is 19.0 Å². The monoisotopic (exact) mass is 300 g/mol. The lowest BCUT2D eigenvalue weighted by Gasteiger charge is -2.14. The second-order valence-corrected chi connectivity index (χ2v) is 4.34. The topological polar surface area (TPSA) is 67.2 Å². The highest BCUT2D eigenvalue weighted by atomic mass is 19.4. The molecule has 0 aliphatic heterocycles. The number of hydrogen-bond acceptors (Lipinski definition) is 4. The predicted molar refractivity (Wildman–Crippen MR) is 72.3 cm³/mol. The van der Waals surface area contributed by atoms with Crippen LogP contribution < -0.4 is 5.32 Å². The van der Waals surface area contributed by atoms with Crippen molar-refractivity contribution in [3.05, 3.63) is 30.2 Å². The van der Waals surface area contributed by atoms with Crippen molar-refractivity contribution in [3.8, 4) is 0 Å². The van der Waals surface area contributed by atoms with E-state index in [1.165, 1.54) is 13.8 Å². The summed E-state index contributed by atoms with van der Waals surface area (Å²) in [6.07, 6.45) is -2.83. The van der Waals surface area contributed by atoms with Gasteiger partial charge in [0.2, 0.25) is 5.91 Å². The van der Waals surface area contributed by atoms with Gasteiger partial charge in [-0.15, -0.1) is 0 Å². The molecule has 0 aliphatic carbocycles. The number of alkyl halides is 3. The maximum atomic E-state index is 12.9. The molecule has 1 aromatic heterocycles. The molecule has 1 unspecified atom stereocenters. The molecule has 0 aliphatic rings. The van der Waals surface area contributed by atoms with E-state index in [-0.39, 0.29) is 11.5 Å². The fourth-order valence-corrected chi connectivity index (χ4v) is 1.38. The first kappa shape index (κ1) is 16.8. The summed E-state index contributed by atoms with van der Waals surface area (Å²) < 4.78 is 38.6. The zero-order valence-corrected chi connectivity index (χ0v) is 11.8. The van der Waals surface area contributed by atoms with Crippen molar-refractivity contribution in [1.82, 2.24) is 15.3 Å². The SMILES string of the molecule is C=CC(=O)NC(C)C(C)=Nc1nc(C)ncc1C(F)(F)F. The fourth-order valence-electron chi connectivity index (χ4n) is 1.38. The van der Waals surface area contributed by atoms with E-state index < -0.39 is 29.5 Å². The summed E-state index contributed by atoms with van der Waals surface area (Å²) in [5.74, 6) is -0.725. The number of nitrogens with one attached hydrogen (secondary N) is 1. The Bertz CT molecular complexity index is 581. The number of aromatic nitrogens is 2. The minimum absolute atomic E-state index is 0.178. The van der Waals surface area contributed by atoms with Crippen LogP contribution >= 0.6 is 0 Å².